The Balaban J connectivity index is 2.71. The molecule has 1 aromatic carbocycles. The molecule has 0 amide bonds. The molecule has 0 saturated carbocycles. The fourth-order valence-electron chi connectivity index (χ4n) is 2.14. The lowest BCUT2D eigenvalue weighted by Gasteiger charge is -2.40. The third kappa shape index (κ3) is 5.62. The number of carbonyl (C=O) groups is 1. The standard InChI is InChI=1S/C18H27ClO3/c1-5-6-16(20)22-13-18(21,17(2,3)4)12-11-14-7-9-15(19)10-8-14/h7-10,21H,5-6,11-13H2,1-4H3. The third-order valence-corrected chi connectivity index (χ3v) is 4.31. The molecule has 1 N–H and O–H groups in total. The van der Waals surface area contributed by atoms with E-state index in [0.717, 1.165) is 12.0 Å². The Kier molecular flexibility index (Phi) is 6.89. The maximum absolute atomic E-state index is 11.6. The summed E-state index contributed by atoms with van der Waals surface area (Å²) in [5, 5.41) is 11.7. The fourth-order valence-corrected chi connectivity index (χ4v) is 2.27. The van der Waals surface area contributed by atoms with Gasteiger partial charge in [0, 0.05) is 11.4 Å². The molecule has 0 aliphatic carbocycles. The molecule has 0 aliphatic rings. The molecule has 1 unspecified atom stereocenters. The number of carbonyl (C=O) groups excluding carboxylic acids is 1. The molecule has 1 atom stereocenters. The summed E-state index contributed by atoms with van der Waals surface area (Å²) in [6.45, 7) is 7.84. The van der Waals surface area contributed by atoms with Gasteiger partial charge < -0.3 is 9.84 Å². The van der Waals surface area contributed by atoms with Gasteiger partial charge in [-0.15, -0.1) is 0 Å². The lowest BCUT2D eigenvalue weighted by molar-refractivity contribution is -0.161. The maximum Gasteiger partial charge on any atom is 0.305 e. The van der Waals surface area contributed by atoms with Crippen LogP contribution in [0.1, 0.15) is 52.5 Å². The summed E-state index contributed by atoms with van der Waals surface area (Å²) in [4.78, 5) is 11.6. The van der Waals surface area contributed by atoms with E-state index in [1.165, 1.54) is 0 Å². The lowest BCUT2D eigenvalue weighted by Crippen LogP contribution is -2.47. The number of benzene rings is 1. The fraction of sp³-hybridized carbons (Fsp3) is 0.611. The molecule has 124 valence electrons. The average molecular weight is 327 g/mol. The molecule has 0 saturated heterocycles. The van der Waals surface area contributed by atoms with E-state index in [-0.39, 0.29) is 18.0 Å². The summed E-state index contributed by atoms with van der Waals surface area (Å²) in [5.41, 5.74) is -0.339. The first kappa shape index (κ1) is 19.0. The largest absolute Gasteiger partial charge is 0.463 e. The zero-order valence-corrected chi connectivity index (χ0v) is 14.7. The van der Waals surface area contributed by atoms with Crippen molar-refractivity contribution < 1.29 is 14.6 Å². The minimum atomic E-state index is -1.06. The van der Waals surface area contributed by atoms with Crippen molar-refractivity contribution in [3.63, 3.8) is 0 Å². The molecule has 22 heavy (non-hydrogen) atoms. The molecule has 4 heteroatoms. The van der Waals surface area contributed by atoms with Crippen LogP contribution in [0.2, 0.25) is 5.02 Å². The van der Waals surface area contributed by atoms with Gasteiger partial charge in [-0.3, -0.25) is 4.79 Å². The summed E-state index contributed by atoms with van der Waals surface area (Å²) in [7, 11) is 0. The molecule has 0 fully saturated rings. The minimum Gasteiger partial charge on any atom is -0.463 e. The van der Waals surface area contributed by atoms with Crippen LogP contribution in [0.5, 0.6) is 0 Å². The van der Waals surface area contributed by atoms with Crippen LogP contribution in [0.3, 0.4) is 0 Å². The lowest BCUT2D eigenvalue weighted by atomic mass is 9.74. The Morgan fingerprint density at radius 1 is 1.23 bits per heavy atom. The van der Waals surface area contributed by atoms with E-state index in [9.17, 15) is 9.90 Å². The summed E-state index contributed by atoms with van der Waals surface area (Å²) in [6.07, 6.45) is 2.36. The Hall–Kier alpha value is -1.06. The van der Waals surface area contributed by atoms with E-state index in [4.69, 9.17) is 16.3 Å². The van der Waals surface area contributed by atoms with Crippen molar-refractivity contribution in [2.45, 2.75) is 59.0 Å². The number of rotatable bonds is 7. The topological polar surface area (TPSA) is 46.5 Å². The summed E-state index contributed by atoms with van der Waals surface area (Å²) in [6, 6.07) is 7.59. The van der Waals surface area contributed by atoms with Gasteiger partial charge in [-0.1, -0.05) is 51.4 Å². The van der Waals surface area contributed by atoms with E-state index in [1.807, 2.05) is 52.0 Å². The van der Waals surface area contributed by atoms with E-state index in [1.54, 1.807) is 0 Å². The van der Waals surface area contributed by atoms with Gasteiger partial charge in [-0.2, -0.15) is 0 Å². The Morgan fingerprint density at radius 2 is 1.82 bits per heavy atom. The number of esters is 1. The predicted molar refractivity (Wildman–Crippen MR) is 90.0 cm³/mol. The zero-order valence-electron chi connectivity index (χ0n) is 14.0. The second-order valence-corrected chi connectivity index (χ2v) is 7.26. The highest BCUT2D eigenvalue weighted by molar-refractivity contribution is 6.30. The molecular weight excluding hydrogens is 300 g/mol. The van der Waals surface area contributed by atoms with Gasteiger partial charge in [-0.05, 0) is 42.4 Å². The number of aryl methyl sites for hydroxylation is 1. The summed E-state index contributed by atoms with van der Waals surface area (Å²) in [5.74, 6) is -0.253. The van der Waals surface area contributed by atoms with Gasteiger partial charge >= 0.3 is 5.97 Å². The molecular formula is C18H27ClO3. The molecule has 1 aromatic rings. The van der Waals surface area contributed by atoms with Crippen LogP contribution in [-0.4, -0.2) is 23.3 Å². The minimum absolute atomic E-state index is 0.0307. The van der Waals surface area contributed by atoms with E-state index < -0.39 is 5.60 Å². The van der Waals surface area contributed by atoms with Gasteiger partial charge in [0.25, 0.3) is 0 Å². The van der Waals surface area contributed by atoms with Crippen LogP contribution in [0.4, 0.5) is 0 Å². The zero-order chi connectivity index (χ0) is 16.8. The smallest absolute Gasteiger partial charge is 0.305 e. The normalized spacial score (nSPS) is 14.5. The third-order valence-electron chi connectivity index (χ3n) is 4.06. The second kappa shape index (κ2) is 7.98. The van der Waals surface area contributed by atoms with Crippen molar-refractivity contribution in [2.24, 2.45) is 5.41 Å². The number of halogens is 1. The van der Waals surface area contributed by atoms with Crippen molar-refractivity contribution >= 4 is 17.6 Å². The first-order chi connectivity index (χ1) is 10.2. The van der Waals surface area contributed by atoms with Crippen LogP contribution < -0.4 is 0 Å². The summed E-state index contributed by atoms with van der Waals surface area (Å²) >= 11 is 5.88. The van der Waals surface area contributed by atoms with Gasteiger partial charge in [0.1, 0.15) is 12.2 Å². The SMILES string of the molecule is CCCC(=O)OCC(O)(CCc1ccc(Cl)cc1)C(C)(C)C. The molecule has 0 bridgehead atoms. The number of hydrogen-bond acceptors (Lipinski definition) is 3. The van der Waals surface area contributed by atoms with E-state index >= 15 is 0 Å². The first-order valence-electron chi connectivity index (χ1n) is 7.80. The molecule has 0 aromatic heterocycles. The van der Waals surface area contributed by atoms with Crippen LogP contribution in [0, 0.1) is 5.41 Å². The van der Waals surface area contributed by atoms with Crippen molar-refractivity contribution in [3.05, 3.63) is 34.9 Å². The van der Waals surface area contributed by atoms with Gasteiger partial charge in [0.15, 0.2) is 0 Å². The number of hydrogen-bond donors (Lipinski definition) is 1. The molecule has 0 aliphatic heterocycles. The van der Waals surface area contributed by atoms with Crippen molar-refractivity contribution in [1.82, 2.24) is 0 Å². The van der Waals surface area contributed by atoms with Gasteiger partial charge in [0.2, 0.25) is 0 Å². The Morgan fingerprint density at radius 3 is 2.32 bits per heavy atom. The average Bonchev–Trinajstić information content (AvgIpc) is 2.44. The van der Waals surface area contributed by atoms with Crippen molar-refractivity contribution in [1.29, 1.82) is 0 Å². The Labute approximate surface area is 138 Å². The first-order valence-corrected chi connectivity index (χ1v) is 8.18. The van der Waals surface area contributed by atoms with Crippen LogP contribution in [0.25, 0.3) is 0 Å². The number of aliphatic hydroxyl groups is 1. The van der Waals surface area contributed by atoms with Gasteiger partial charge in [0.05, 0.1) is 0 Å². The number of ether oxygens (including phenoxy) is 1. The van der Waals surface area contributed by atoms with Crippen LogP contribution in [-0.2, 0) is 16.0 Å². The maximum atomic E-state index is 11.6. The van der Waals surface area contributed by atoms with Gasteiger partial charge in [-0.25, -0.2) is 0 Å². The van der Waals surface area contributed by atoms with Crippen LogP contribution in [0.15, 0.2) is 24.3 Å². The monoisotopic (exact) mass is 326 g/mol. The molecule has 0 heterocycles. The van der Waals surface area contributed by atoms with E-state index in [0.29, 0.717) is 24.3 Å². The highest BCUT2D eigenvalue weighted by Crippen LogP contribution is 2.35. The van der Waals surface area contributed by atoms with Crippen LogP contribution >= 0.6 is 11.6 Å². The second-order valence-electron chi connectivity index (χ2n) is 6.82. The highest BCUT2D eigenvalue weighted by atomic mass is 35.5. The molecule has 1 rings (SSSR count). The predicted octanol–water partition coefficient (Wildman–Crippen LogP) is 4.39. The summed E-state index contributed by atoms with van der Waals surface area (Å²) < 4.78 is 5.27. The molecule has 3 nitrogen and oxygen atoms in total. The Bertz CT molecular complexity index is 476. The highest BCUT2D eigenvalue weighted by Gasteiger charge is 2.40. The van der Waals surface area contributed by atoms with E-state index in [2.05, 4.69) is 0 Å². The van der Waals surface area contributed by atoms with Crippen molar-refractivity contribution in [3.8, 4) is 0 Å². The van der Waals surface area contributed by atoms with Crippen molar-refractivity contribution in [2.75, 3.05) is 6.61 Å². The molecule has 0 spiro atoms. The quantitative estimate of drug-likeness (QED) is 0.756. The molecule has 0 radical (unpaired) electrons.